The Bertz CT molecular complexity index is 235. The van der Waals surface area contributed by atoms with E-state index < -0.39 is 0 Å². The Morgan fingerprint density at radius 3 is 2.42 bits per heavy atom. The van der Waals surface area contributed by atoms with E-state index in [2.05, 4.69) is 44.8 Å². The largest absolute Gasteiger partial charge is 0.316 e. The molecule has 0 heterocycles. The Balaban J connectivity index is 2.39. The second-order valence-electron chi connectivity index (χ2n) is 7.37. The van der Waals surface area contributed by atoms with Gasteiger partial charge in [0.2, 0.25) is 0 Å². The van der Waals surface area contributed by atoms with Crippen LogP contribution in [0.4, 0.5) is 0 Å². The standard InChI is InChI=1S/C17H36N2/c1-6-10-19(12-16-8-9-16)14-17(5,7-2)13-18-11-15(3)4/h15-16,18H,6-14H2,1-5H3. The molecule has 0 aromatic heterocycles. The van der Waals surface area contributed by atoms with Crippen molar-refractivity contribution >= 4 is 0 Å². The number of hydrogen-bond acceptors (Lipinski definition) is 2. The van der Waals surface area contributed by atoms with Gasteiger partial charge in [0.15, 0.2) is 0 Å². The molecular weight excluding hydrogens is 232 g/mol. The monoisotopic (exact) mass is 268 g/mol. The van der Waals surface area contributed by atoms with Gasteiger partial charge in [0.25, 0.3) is 0 Å². The summed E-state index contributed by atoms with van der Waals surface area (Å²) in [7, 11) is 0. The van der Waals surface area contributed by atoms with E-state index in [0.29, 0.717) is 5.41 Å². The lowest BCUT2D eigenvalue weighted by molar-refractivity contribution is 0.149. The van der Waals surface area contributed by atoms with Crippen LogP contribution in [0.1, 0.15) is 60.3 Å². The molecule has 0 spiro atoms. The number of hydrogen-bond donors (Lipinski definition) is 1. The third-order valence-electron chi connectivity index (χ3n) is 4.32. The highest BCUT2D eigenvalue weighted by atomic mass is 15.1. The van der Waals surface area contributed by atoms with Gasteiger partial charge >= 0.3 is 0 Å². The van der Waals surface area contributed by atoms with E-state index in [1.165, 1.54) is 45.3 Å². The molecule has 1 aliphatic carbocycles. The molecule has 0 aromatic rings. The fourth-order valence-corrected chi connectivity index (χ4v) is 2.71. The molecule has 1 rings (SSSR count). The van der Waals surface area contributed by atoms with Gasteiger partial charge in [-0.2, -0.15) is 0 Å². The molecule has 1 unspecified atom stereocenters. The van der Waals surface area contributed by atoms with Gasteiger partial charge in [0, 0.05) is 19.6 Å². The predicted molar refractivity (Wildman–Crippen MR) is 85.6 cm³/mol. The van der Waals surface area contributed by atoms with E-state index in [1.54, 1.807) is 0 Å². The van der Waals surface area contributed by atoms with Crippen LogP contribution in [0, 0.1) is 17.3 Å². The Morgan fingerprint density at radius 2 is 1.95 bits per heavy atom. The molecule has 19 heavy (non-hydrogen) atoms. The minimum atomic E-state index is 0.430. The Labute approximate surface area is 121 Å². The molecule has 0 aromatic carbocycles. The lowest BCUT2D eigenvalue weighted by Crippen LogP contribution is -2.43. The summed E-state index contributed by atoms with van der Waals surface area (Å²) in [6, 6.07) is 0. The van der Waals surface area contributed by atoms with E-state index in [1.807, 2.05) is 0 Å². The zero-order valence-corrected chi connectivity index (χ0v) is 14.0. The van der Waals surface area contributed by atoms with Crippen molar-refractivity contribution in [2.45, 2.75) is 60.3 Å². The van der Waals surface area contributed by atoms with Crippen LogP contribution in [0.3, 0.4) is 0 Å². The van der Waals surface area contributed by atoms with E-state index in [9.17, 15) is 0 Å². The van der Waals surface area contributed by atoms with Crippen LogP contribution in [-0.2, 0) is 0 Å². The highest BCUT2D eigenvalue weighted by Crippen LogP contribution is 2.31. The van der Waals surface area contributed by atoms with Crippen LogP contribution in [-0.4, -0.2) is 37.6 Å². The average molecular weight is 268 g/mol. The van der Waals surface area contributed by atoms with Gasteiger partial charge in [-0.3, -0.25) is 0 Å². The summed E-state index contributed by atoms with van der Waals surface area (Å²) in [5.74, 6) is 1.76. The van der Waals surface area contributed by atoms with Crippen molar-refractivity contribution in [1.82, 2.24) is 10.2 Å². The molecule has 1 atom stereocenters. The van der Waals surface area contributed by atoms with Crippen LogP contribution >= 0.6 is 0 Å². The van der Waals surface area contributed by atoms with Crippen molar-refractivity contribution in [3.05, 3.63) is 0 Å². The molecule has 0 amide bonds. The second kappa shape index (κ2) is 8.26. The van der Waals surface area contributed by atoms with Gasteiger partial charge in [-0.25, -0.2) is 0 Å². The third kappa shape index (κ3) is 7.31. The van der Waals surface area contributed by atoms with Crippen molar-refractivity contribution in [2.24, 2.45) is 17.3 Å². The summed E-state index contributed by atoms with van der Waals surface area (Å²) in [5, 5.41) is 3.67. The molecule has 0 aliphatic heterocycles. The van der Waals surface area contributed by atoms with Crippen LogP contribution in [0.5, 0.6) is 0 Å². The summed E-state index contributed by atoms with van der Waals surface area (Å²) in [5.41, 5.74) is 0.430. The molecule has 2 nitrogen and oxygen atoms in total. The fraction of sp³-hybridized carbons (Fsp3) is 1.00. The zero-order valence-electron chi connectivity index (χ0n) is 14.0. The maximum atomic E-state index is 3.67. The number of rotatable bonds is 11. The topological polar surface area (TPSA) is 15.3 Å². The molecule has 114 valence electrons. The molecule has 1 saturated carbocycles. The van der Waals surface area contributed by atoms with Crippen LogP contribution in [0.15, 0.2) is 0 Å². The maximum Gasteiger partial charge on any atom is 0.00475 e. The van der Waals surface area contributed by atoms with Crippen LogP contribution in [0.2, 0.25) is 0 Å². The second-order valence-corrected chi connectivity index (χ2v) is 7.37. The van der Waals surface area contributed by atoms with Gasteiger partial charge in [0.1, 0.15) is 0 Å². The van der Waals surface area contributed by atoms with Gasteiger partial charge in [0.05, 0.1) is 0 Å². The van der Waals surface area contributed by atoms with Crippen molar-refractivity contribution in [3.8, 4) is 0 Å². The minimum absolute atomic E-state index is 0.430. The quantitative estimate of drug-likeness (QED) is 0.613. The Morgan fingerprint density at radius 1 is 1.26 bits per heavy atom. The zero-order chi connectivity index (χ0) is 14.3. The average Bonchev–Trinajstić information content (AvgIpc) is 3.12. The first-order valence-corrected chi connectivity index (χ1v) is 8.42. The van der Waals surface area contributed by atoms with Crippen molar-refractivity contribution in [2.75, 3.05) is 32.7 Å². The van der Waals surface area contributed by atoms with E-state index in [4.69, 9.17) is 0 Å². The molecule has 2 heteroatoms. The van der Waals surface area contributed by atoms with Crippen molar-refractivity contribution in [3.63, 3.8) is 0 Å². The lowest BCUT2D eigenvalue weighted by atomic mass is 9.86. The SMILES string of the molecule is CCCN(CC1CC1)CC(C)(CC)CNCC(C)C. The first kappa shape index (κ1) is 17.0. The highest BCUT2D eigenvalue weighted by molar-refractivity contribution is 4.83. The first-order valence-electron chi connectivity index (χ1n) is 8.42. The van der Waals surface area contributed by atoms with E-state index >= 15 is 0 Å². The Kier molecular flexibility index (Phi) is 7.38. The number of nitrogens with one attached hydrogen (secondary N) is 1. The Hall–Kier alpha value is -0.0800. The summed E-state index contributed by atoms with van der Waals surface area (Å²) in [6.07, 6.45) is 5.48. The predicted octanol–water partition coefficient (Wildman–Crippen LogP) is 3.77. The first-order chi connectivity index (χ1) is 8.99. The summed E-state index contributed by atoms with van der Waals surface area (Å²) < 4.78 is 0. The fourth-order valence-electron chi connectivity index (χ4n) is 2.71. The molecule has 1 fully saturated rings. The summed E-state index contributed by atoms with van der Waals surface area (Å²) in [6.45, 7) is 17.9. The molecule has 0 radical (unpaired) electrons. The van der Waals surface area contributed by atoms with Gasteiger partial charge in [-0.05, 0) is 56.0 Å². The maximum absolute atomic E-state index is 3.67. The minimum Gasteiger partial charge on any atom is -0.316 e. The molecule has 1 N–H and O–H groups in total. The normalized spacial score (nSPS) is 19.1. The highest BCUT2D eigenvalue weighted by Gasteiger charge is 2.29. The van der Waals surface area contributed by atoms with E-state index in [0.717, 1.165) is 24.9 Å². The van der Waals surface area contributed by atoms with Crippen molar-refractivity contribution < 1.29 is 0 Å². The van der Waals surface area contributed by atoms with Gasteiger partial charge < -0.3 is 10.2 Å². The smallest absolute Gasteiger partial charge is 0.00475 e. The molecular formula is C17H36N2. The van der Waals surface area contributed by atoms with Crippen LogP contribution in [0.25, 0.3) is 0 Å². The van der Waals surface area contributed by atoms with E-state index in [-0.39, 0.29) is 0 Å². The molecule has 0 bridgehead atoms. The van der Waals surface area contributed by atoms with Gasteiger partial charge in [-0.1, -0.05) is 34.6 Å². The molecule has 0 saturated heterocycles. The number of nitrogens with zero attached hydrogens (tertiary/aromatic N) is 1. The summed E-state index contributed by atoms with van der Waals surface area (Å²) >= 11 is 0. The van der Waals surface area contributed by atoms with Gasteiger partial charge in [-0.15, -0.1) is 0 Å². The van der Waals surface area contributed by atoms with Crippen LogP contribution < -0.4 is 5.32 Å². The van der Waals surface area contributed by atoms with Crippen molar-refractivity contribution in [1.29, 1.82) is 0 Å². The molecule has 1 aliphatic rings. The summed E-state index contributed by atoms with van der Waals surface area (Å²) in [4.78, 5) is 2.72. The third-order valence-corrected chi connectivity index (χ3v) is 4.32. The lowest BCUT2D eigenvalue weighted by Gasteiger charge is -2.35.